The van der Waals surface area contributed by atoms with Crippen molar-refractivity contribution >= 4 is 5.97 Å². The molecule has 0 bridgehead atoms. The van der Waals surface area contributed by atoms with Crippen LogP contribution < -0.4 is 0 Å². The van der Waals surface area contributed by atoms with Crippen molar-refractivity contribution in [2.45, 2.75) is 65.8 Å². The lowest BCUT2D eigenvalue weighted by Gasteiger charge is -2.47. The Bertz CT molecular complexity index is 281. The second kappa shape index (κ2) is 5.60. The molecule has 3 nitrogen and oxygen atoms in total. The van der Waals surface area contributed by atoms with Gasteiger partial charge < -0.3 is 10.0 Å². The number of nitrogens with zero attached hydrogens (tertiary/aromatic N) is 1. The Kier molecular flexibility index (Phi) is 4.82. The zero-order valence-corrected chi connectivity index (χ0v) is 12.6. The van der Waals surface area contributed by atoms with Crippen LogP contribution in [0.3, 0.4) is 0 Å². The van der Waals surface area contributed by atoms with Crippen LogP contribution in [0, 0.1) is 10.8 Å². The second-order valence-corrected chi connectivity index (χ2v) is 7.55. The lowest BCUT2D eigenvalue weighted by atomic mass is 9.63. The van der Waals surface area contributed by atoms with Gasteiger partial charge in [-0.25, -0.2) is 0 Å². The van der Waals surface area contributed by atoms with E-state index in [2.05, 4.69) is 39.6 Å². The number of carbonyl (C=O) groups is 1. The molecular weight excluding hydrogens is 226 g/mol. The summed E-state index contributed by atoms with van der Waals surface area (Å²) in [6.07, 6.45) is 4.76. The van der Waals surface area contributed by atoms with Crippen molar-refractivity contribution in [1.29, 1.82) is 0 Å². The minimum atomic E-state index is -0.687. The lowest BCUT2D eigenvalue weighted by molar-refractivity contribution is -0.137. The molecular formula is C15H29NO2. The van der Waals surface area contributed by atoms with Crippen LogP contribution in [0.15, 0.2) is 0 Å². The van der Waals surface area contributed by atoms with Crippen molar-refractivity contribution in [3.8, 4) is 0 Å². The van der Waals surface area contributed by atoms with Gasteiger partial charge in [-0.05, 0) is 50.1 Å². The maximum absolute atomic E-state index is 10.5. The van der Waals surface area contributed by atoms with E-state index in [1.165, 1.54) is 19.3 Å². The largest absolute Gasteiger partial charge is 0.481 e. The fourth-order valence-corrected chi connectivity index (χ4v) is 3.76. The molecule has 1 aliphatic carbocycles. The van der Waals surface area contributed by atoms with Gasteiger partial charge in [0.1, 0.15) is 0 Å². The highest BCUT2D eigenvalue weighted by Gasteiger charge is 2.39. The first kappa shape index (κ1) is 15.5. The third kappa shape index (κ3) is 4.97. The van der Waals surface area contributed by atoms with Gasteiger partial charge in [0, 0.05) is 12.5 Å². The van der Waals surface area contributed by atoms with E-state index in [0.29, 0.717) is 16.9 Å². The first-order chi connectivity index (χ1) is 8.11. The van der Waals surface area contributed by atoms with E-state index in [1.807, 2.05) is 0 Å². The molecule has 3 heteroatoms. The van der Waals surface area contributed by atoms with Crippen LogP contribution in [0.5, 0.6) is 0 Å². The van der Waals surface area contributed by atoms with Crippen molar-refractivity contribution in [3.63, 3.8) is 0 Å². The Labute approximate surface area is 112 Å². The number of carboxylic acid groups (broad SMARTS) is 1. The molecule has 0 spiro atoms. The summed E-state index contributed by atoms with van der Waals surface area (Å²) in [7, 11) is 2.14. The molecule has 1 saturated carbocycles. The fourth-order valence-electron chi connectivity index (χ4n) is 3.76. The Morgan fingerprint density at radius 2 is 1.72 bits per heavy atom. The van der Waals surface area contributed by atoms with Crippen molar-refractivity contribution < 1.29 is 9.90 Å². The van der Waals surface area contributed by atoms with Crippen LogP contribution in [0.4, 0.5) is 0 Å². The standard InChI is InChI=1S/C15H29NO2/c1-14(2)9-12(10-15(3,4)11-14)16(5)8-6-7-13(17)18/h12H,6-11H2,1-5H3,(H,17,18). The van der Waals surface area contributed by atoms with E-state index in [0.717, 1.165) is 13.0 Å². The van der Waals surface area contributed by atoms with Gasteiger partial charge in [0.05, 0.1) is 0 Å². The summed E-state index contributed by atoms with van der Waals surface area (Å²) in [5.41, 5.74) is 0.793. The SMILES string of the molecule is CN(CCCC(=O)O)C1CC(C)(C)CC(C)(C)C1. The van der Waals surface area contributed by atoms with E-state index in [-0.39, 0.29) is 6.42 Å². The quantitative estimate of drug-likeness (QED) is 0.818. The molecule has 0 saturated heterocycles. The van der Waals surface area contributed by atoms with Gasteiger partial charge in [-0.2, -0.15) is 0 Å². The van der Waals surface area contributed by atoms with Crippen molar-refractivity contribution in [1.82, 2.24) is 4.90 Å². The van der Waals surface area contributed by atoms with Crippen LogP contribution in [-0.2, 0) is 4.79 Å². The van der Waals surface area contributed by atoms with Gasteiger partial charge in [-0.1, -0.05) is 27.7 Å². The Hall–Kier alpha value is -0.570. The van der Waals surface area contributed by atoms with Crippen LogP contribution in [0.1, 0.15) is 59.8 Å². The molecule has 0 aromatic heterocycles. The first-order valence-corrected chi connectivity index (χ1v) is 7.03. The highest BCUT2D eigenvalue weighted by molar-refractivity contribution is 5.66. The summed E-state index contributed by atoms with van der Waals surface area (Å²) >= 11 is 0. The second-order valence-electron chi connectivity index (χ2n) is 7.55. The molecule has 0 aromatic carbocycles. The zero-order valence-electron chi connectivity index (χ0n) is 12.6. The molecule has 0 heterocycles. The van der Waals surface area contributed by atoms with Crippen molar-refractivity contribution in [2.24, 2.45) is 10.8 Å². The lowest BCUT2D eigenvalue weighted by Crippen LogP contribution is -2.45. The average molecular weight is 255 g/mol. The van der Waals surface area contributed by atoms with E-state index in [1.54, 1.807) is 0 Å². The molecule has 0 amide bonds. The summed E-state index contributed by atoms with van der Waals surface area (Å²) < 4.78 is 0. The Balaban J connectivity index is 2.51. The minimum absolute atomic E-state index is 0.282. The molecule has 1 fully saturated rings. The highest BCUT2D eigenvalue weighted by Crippen LogP contribution is 2.46. The first-order valence-electron chi connectivity index (χ1n) is 7.03. The summed E-state index contributed by atoms with van der Waals surface area (Å²) in [5, 5.41) is 8.68. The predicted molar refractivity (Wildman–Crippen MR) is 74.7 cm³/mol. The molecule has 0 aromatic rings. The number of carboxylic acids is 1. The van der Waals surface area contributed by atoms with Gasteiger partial charge in [-0.3, -0.25) is 4.79 Å². The molecule has 1 rings (SSSR count). The van der Waals surface area contributed by atoms with Crippen LogP contribution in [-0.4, -0.2) is 35.6 Å². The van der Waals surface area contributed by atoms with Gasteiger partial charge >= 0.3 is 5.97 Å². The summed E-state index contributed by atoms with van der Waals surface area (Å²) in [6, 6.07) is 0.595. The predicted octanol–water partition coefficient (Wildman–Crippen LogP) is 3.39. The average Bonchev–Trinajstić information content (AvgIpc) is 2.11. The molecule has 1 aliphatic rings. The Morgan fingerprint density at radius 3 is 2.17 bits per heavy atom. The van der Waals surface area contributed by atoms with Crippen molar-refractivity contribution in [2.75, 3.05) is 13.6 Å². The van der Waals surface area contributed by atoms with E-state index < -0.39 is 5.97 Å². The topological polar surface area (TPSA) is 40.5 Å². The Morgan fingerprint density at radius 1 is 1.22 bits per heavy atom. The number of aliphatic carboxylic acids is 1. The van der Waals surface area contributed by atoms with E-state index >= 15 is 0 Å². The van der Waals surface area contributed by atoms with Crippen molar-refractivity contribution in [3.05, 3.63) is 0 Å². The zero-order chi connectivity index (χ0) is 14.0. The van der Waals surface area contributed by atoms with Gasteiger partial charge in [-0.15, -0.1) is 0 Å². The summed E-state index contributed by atoms with van der Waals surface area (Å²) in [4.78, 5) is 12.9. The fraction of sp³-hybridized carbons (Fsp3) is 0.933. The maximum atomic E-state index is 10.5. The highest BCUT2D eigenvalue weighted by atomic mass is 16.4. The minimum Gasteiger partial charge on any atom is -0.481 e. The molecule has 0 radical (unpaired) electrons. The number of hydrogen-bond acceptors (Lipinski definition) is 2. The van der Waals surface area contributed by atoms with Crippen LogP contribution in [0.2, 0.25) is 0 Å². The van der Waals surface area contributed by atoms with Gasteiger partial charge in [0.15, 0.2) is 0 Å². The summed E-state index contributed by atoms with van der Waals surface area (Å²) in [5.74, 6) is -0.687. The van der Waals surface area contributed by atoms with Crippen LogP contribution in [0.25, 0.3) is 0 Å². The van der Waals surface area contributed by atoms with Gasteiger partial charge in [0.2, 0.25) is 0 Å². The molecule has 0 unspecified atom stereocenters. The van der Waals surface area contributed by atoms with E-state index in [9.17, 15) is 4.79 Å². The van der Waals surface area contributed by atoms with E-state index in [4.69, 9.17) is 5.11 Å². The molecule has 0 atom stereocenters. The van der Waals surface area contributed by atoms with Gasteiger partial charge in [0.25, 0.3) is 0 Å². The maximum Gasteiger partial charge on any atom is 0.303 e. The normalized spacial score (nSPS) is 23.2. The molecule has 18 heavy (non-hydrogen) atoms. The smallest absolute Gasteiger partial charge is 0.303 e. The monoisotopic (exact) mass is 255 g/mol. The van der Waals surface area contributed by atoms with Crippen LogP contribution >= 0.6 is 0 Å². The molecule has 0 aliphatic heterocycles. The third-order valence-electron chi connectivity index (χ3n) is 4.06. The molecule has 106 valence electrons. The summed E-state index contributed by atoms with van der Waals surface area (Å²) in [6.45, 7) is 10.3. The molecule has 1 N–H and O–H groups in total. The number of hydrogen-bond donors (Lipinski definition) is 1. The number of rotatable bonds is 5. The third-order valence-corrected chi connectivity index (χ3v) is 4.06.